The van der Waals surface area contributed by atoms with E-state index in [4.69, 9.17) is 4.74 Å². The number of nitrogens with zero attached hydrogens (tertiary/aromatic N) is 6. The standard InChI is InChI=1S/C16H15FN6O3/c17-11-1-3-12(4-2-11)23-15-14(19-20-23)16(25)22(10-18-15)9-13(24)21-5-7-26-8-6-21/h1-4,10H,5-9H2. The summed E-state index contributed by atoms with van der Waals surface area (Å²) in [7, 11) is 0. The molecule has 0 saturated carbocycles. The third-order valence-corrected chi connectivity index (χ3v) is 4.17. The molecule has 1 aliphatic heterocycles. The molecule has 0 bridgehead atoms. The van der Waals surface area contributed by atoms with Crippen molar-refractivity contribution in [3.05, 3.63) is 46.8 Å². The first-order valence-electron chi connectivity index (χ1n) is 8.06. The molecule has 1 aromatic carbocycles. The van der Waals surface area contributed by atoms with Crippen LogP contribution in [0.15, 0.2) is 35.4 Å². The van der Waals surface area contributed by atoms with Crippen LogP contribution in [0.3, 0.4) is 0 Å². The van der Waals surface area contributed by atoms with E-state index in [1.165, 1.54) is 39.8 Å². The number of hydrogen-bond donors (Lipinski definition) is 0. The van der Waals surface area contributed by atoms with Crippen LogP contribution < -0.4 is 5.56 Å². The summed E-state index contributed by atoms with van der Waals surface area (Å²) in [5.74, 6) is -0.558. The topological polar surface area (TPSA) is 95.1 Å². The van der Waals surface area contributed by atoms with Crippen molar-refractivity contribution >= 4 is 17.1 Å². The fourth-order valence-electron chi connectivity index (χ4n) is 2.77. The van der Waals surface area contributed by atoms with Gasteiger partial charge in [0.1, 0.15) is 18.7 Å². The number of amides is 1. The molecule has 134 valence electrons. The Morgan fingerprint density at radius 2 is 1.92 bits per heavy atom. The van der Waals surface area contributed by atoms with Gasteiger partial charge in [-0.05, 0) is 24.3 Å². The van der Waals surface area contributed by atoms with Crippen LogP contribution in [0.1, 0.15) is 0 Å². The number of carbonyl (C=O) groups excluding carboxylic acids is 1. The second-order valence-electron chi connectivity index (χ2n) is 5.82. The van der Waals surface area contributed by atoms with Gasteiger partial charge < -0.3 is 9.64 Å². The van der Waals surface area contributed by atoms with E-state index in [0.29, 0.717) is 32.0 Å². The van der Waals surface area contributed by atoms with Crippen LogP contribution in [0.2, 0.25) is 0 Å². The number of fused-ring (bicyclic) bond motifs is 1. The Hall–Kier alpha value is -3.14. The quantitative estimate of drug-likeness (QED) is 0.653. The minimum Gasteiger partial charge on any atom is -0.378 e. The predicted octanol–water partition coefficient (Wildman–Crippen LogP) is -0.0249. The Bertz CT molecular complexity index is 1010. The van der Waals surface area contributed by atoms with Gasteiger partial charge in [-0.3, -0.25) is 14.2 Å². The van der Waals surface area contributed by atoms with Gasteiger partial charge in [-0.2, -0.15) is 4.68 Å². The lowest BCUT2D eigenvalue weighted by atomic mass is 10.3. The summed E-state index contributed by atoms with van der Waals surface area (Å²) in [5, 5.41) is 7.80. The molecule has 10 heteroatoms. The zero-order valence-electron chi connectivity index (χ0n) is 13.7. The molecule has 1 fully saturated rings. The lowest BCUT2D eigenvalue weighted by Crippen LogP contribution is -2.43. The highest BCUT2D eigenvalue weighted by molar-refractivity contribution is 5.77. The molecule has 26 heavy (non-hydrogen) atoms. The van der Waals surface area contributed by atoms with Crippen LogP contribution >= 0.6 is 0 Å². The first-order valence-corrected chi connectivity index (χ1v) is 8.06. The highest BCUT2D eigenvalue weighted by Gasteiger charge is 2.19. The molecule has 1 amide bonds. The number of morpholine rings is 1. The van der Waals surface area contributed by atoms with E-state index in [9.17, 15) is 14.0 Å². The second-order valence-corrected chi connectivity index (χ2v) is 5.82. The average molecular weight is 358 g/mol. The fraction of sp³-hybridized carbons (Fsp3) is 0.312. The van der Waals surface area contributed by atoms with Crippen molar-refractivity contribution in [3.8, 4) is 5.69 Å². The van der Waals surface area contributed by atoms with E-state index in [2.05, 4.69) is 15.3 Å². The van der Waals surface area contributed by atoms with Gasteiger partial charge >= 0.3 is 0 Å². The molecule has 0 atom stereocenters. The number of hydrogen-bond acceptors (Lipinski definition) is 6. The summed E-state index contributed by atoms with van der Waals surface area (Å²) in [4.78, 5) is 30.8. The van der Waals surface area contributed by atoms with Gasteiger partial charge in [-0.1, -0.05) is 5.21 Å². The SMILES string of the molecule is O=C(Cn1cnc2c(nnn2-c2ccc(F)cc2)c1=O)N1CCOCC1. The van der Waals surface area contributed by atoms with Gasteiger partial charge in [-0.25, -0.2) is 9.37 Å². The van der Waals surface area contributed by atoms with Crippen LogP contribution in [-0.4, -0.2) is 61.7 Å². The van der Waals surface area contributed by atoms with Gasteiger partial charge in [0, 0.05) is 13.1 Å². The Labute approximate surface area is 146 Å². The Balaban J connectivity index is 1.64. The smallest absolute Gasteiger partial charge is 0.284 e. The molecule has 0 aliphatic carbocycles. The first-order chi connectivity index (χ1) is 12.6. The predicted molar refractivity (Wildman–Crippen MR) is 88.3 cm³/mol. The molecule has 3 aromatic rings. The summed E-state index contributed by atoms with van der Waals surface area (Å²) in [6.45, 7) is 1.87. The maximum atomic E-state index is 13.1. The van der Waals surface area contributed by atoms with E-state index in [0.717, 1.165) is 0 Å². The van der Waals surface area contributed by atoms with Crippen molar-refractivity contribution in [2.75, 3.05) is 26.3 Å². The molecule has 2 aromatic heterocycles. The Morgan fingerprint density at radius 1 is 1.19 bits per heavy atom. The van der Waals surface area contributed by atoms with Crippen molar-refractivity contribution < 1.29 is 13.9 Å². The highest BCUT2D eigenvalue weighted by Crippen LogP contribution is 2.12. The van der Waals surface area contributed by atoms with Crippen LogP contribution in [0.4, 0.5) is 4.39 Å². The molecule has 9 nitrogen and oxygen atoms in total. The van der Waals surface area contributed by atoms with Crippen molar-refractivity contribution in [3.63, 3.8) is 0 Å². The van der Waals surface area contributed by atoms with Crippen molar-refractivity contribution in [2.45, 2.75) is 6.54 Å². The number of halogens is 1. The molecular formula is C16H15FN6O3. The molecule has 4 rings (SSSR count). The summed E-state index contributed by atoms with van der Waals surface area (Å²) >= 11 is 0. The molecule has 1 aliphatic rings. The minimum absolute atomic E-state index is 0.0478. The zero-order chi connectivity index (χ0) is 18.1. The summed E-state index contributed by atoms with van der Waals surface area (Å²) in [5.41, 5.74) is 0.371. The number of carbonyl (C=O) groups is 1. The molecule has 1 saturated heterocycles. The summed E-state index contributed by atoms with van der Waals surface area (Å²) < 4.78 is 20.9. The van der Waals surface area contributed by atoms with Gasteiger partial charge in [0.25, 0.3) is 5.56 Å². The maximum Gasteiger partial charge on any atom is 0.284 e. The molecular weight excluding hydrogens is 343 g/mol. The number of rotatable bonds is 3. The van der Waals surface area contributed by atoms with E-state index >= 15 is 0 Å². The lowest BCUT2D eigenvalue weighted by molar-refractivity contribution is -0.135. The van der Waals surface area contributed by atoms with Crippen molar-refractivity contribution in [1.29, 1.82) is 0 Å². The Morgan fingerprint density at radius 3 is 2.65 bits per heavy atom. The van der Waals surface area contributed by atoms with Crippen molar-refractivity contribution in [1.82, 2.24) is 29.4 Å². The zero-order valence-corrected chi connectivity index (χ0v) is 13.7. The van der Waals surface area contributed by atoms with Crippen LogP contribution in [0.5, 0.6) is 0 Å². The molecule has 0 N–H and O–H groups in total. The minimum atomic E-state index is -0.454. The van der Waals surface area contributed by atoms with Gasteiger partial charge in [0.2, 0.25) is 5.91 Å². The van der Waals surface area contributed by atoms with Gasteiger partial charge in [-0.15, -0.1) is 5.10 Å². The van der Waals surface area contributed by atoms with Crippen LogP contribution in [0.25, 0.3) is 16.9 Å². The summed E-state index contributed by atoms with van der Waals surface area (Å²) in [6, 6.07) is 5.59. The van der Waals surface area contributed by atoms with Crippen LogP contribution in [-0.2, 0) is 16.1 Å². The number of benzene rings is 1. The molecule has 0 spiro atoms. The fourth-order valence-corrected chi connectivity index (χ4v) is 2.77. The first kappa shape index (κ1) is 16.3. The van der Waals surface area contributed by atoms with Gasteiger partial charge in [0.15, 0.2) is 11.2 Å². The maximum absolute atomic E-state index is 13.1. The average Bonchev–Trinajstić information content (AvgIpc) is 3.10. The Kier molecular flexibility index (Phi) is 4.17. The summed E-state index contributed by atoms with van der Waals surface area (Å²) in [6.07, 6.45) is 1.30. The molecule has 0 unspecified atom stereocenters. The largest absolute Gasteiger partial charge is 0.378 e. The van der Waals surface area contributed by atoms with E-state index in [1.54, 1.807) is 4.90 Å². The molecule has 0 radical (unpaired) electrons. The number of aromatic nitrogens is 5. The van der Waals surface area contributed by atoms with E-state index < -0.39 is 5.56 Å². The lowest BCUT2D eigenvalue weighted by Gasteiger charge is -2.26. The number of ether oxygens (including phenoxy) is 1. The monoisotopic (exact) mass is 358 g/mol. The molecule has 3 heterocycles. The highest BCUT2D eigenvalue weighted by atomic mass is 19.1. The van der Waals surface area contributed by atoms with E-state index in [1.807, 2.05) is 0 Å². The normalized spacial score (nSPS) is 14.7. The van der Waals surface area contributed by atoms with Gasteiger partial charge in [0.05, 0.1) is 18.9 Å². The third-order valence-electron chi connectivity index (χ3n) is 4.17. The van der Waals surface area contributed by atoms with Crippen LogP contribution in [0, 0.1) is 5.82 Å². The van der Waals surface area contributed by atoms with Crippen molar-refractivity contribution in [2.24, 2.45) is 0 Å². The second kappa shape index (κ2) is 6.64. The van der Waals surface area contributed by atoms with E-state index in [-0.39, 0.29) is 29.4 Å². The third kappa shape index (κ3) is 2.94.